The molecule has 2 heterocycles. The number of ether oxygens (including phenoxy) is 1. The lowest BCUT2D eigenvalue weighted by Crippen LogP contribution is -2.30. The van der Waals surface area contributed by atoms with Gasteiger partial charge in [-0.25, -0.2) is 13.8 Å². The quantitative estimate of drug-likeness (QED) is 0.864. The lowest BCUT2D eigenvalue weighted by Gasteiger charge is -2.21. The minimum atomic E-state index is -0.785. The standard InChI is InChI=1S/C17H16F2N2O2/c1-11-2-7-17(22)21(11)10-12-3-6-16(20-9-12)23-15-5-4-13(18)8-14(15)19/h3-6,8-9,11H,2,7,10H2,1H3/t11-/m0/s1. The van der Waals surface area contributed by atoms with Crippen molar-refractivity contribution in [2.45, 2.75) is 32.4 Å². The summed E-state index contributed by atoms with van der Waals surface area (Å²) in [4.78, 5) is 17.7. The van der Waals surface area contributed by atoms with E-state index >= 15 is 0 Å². The molecule has 0 saturated carbocycles. The Morgan fingerprint density at radius 3 is 2.74 bits per heavy atom. The minimum Gasteiger partial charge on any atom is -0.436 e. The van der Waals surface area contributed by atoms with Crippen LogP contribution >= 0.6 is 0 Å². The molecule has 0 radical (unpaired) electrons. The van der Waals surface area contributed by atoms with E-state index in [4.69, 9.17) is 4.74 Å². The first-order valence-corrected chi connectivity index (χ1v) is 7.40. The number of amides is 1. The molecule has 1 aliphatic rings. The molecule has 0 unspecified atom stereocenters. The number of carbonyl (C=O) groups excluding carboxylic acids is 1. The van der Waals surface area contributed by atoms with Crippen molar-refractivity contribution in [3.05, 3.63) is 53.7 Å². The third-order valence-electron chi connectivity index (χ3n) is 3.89. The minimum absolute atomic E-state index is 0.0880. The predicted molar refractivity (Wildman–Crippen MR) is 79.9 cm³/mol. The lowest BCUT2D eigenvalue weighted by molar-refractivity contribution is -0.129. The fourth-order valence-corrected chi connectivity index (χ4v) is 2.55. The number of aromatic nitrogens is 1. The average Bonchev–Trinajstić information content (AvgIpc) is 2.84. The third-order valence-corrected chi connectivity index (χ3v) is 3.89. The molecule has 1 aromatic heterocycles. The van der Waals surface area contributed by atoms with Crippen LogP contribution in [0.2, 0.25) is 0 Å². The van der Waals surface area contributed by atoms with E-state index in [9.17, 15) is 13.6 Å². The molecule has 1 atom stereocenters. The van der Waals surface area contributed by atoms with Crippen LogP contribution in [0.3, 0.4) is 0 Å². The van der Waals surface area contributed by atoms with Gasteiger partial charge in [0.15, 0.2) is 11.6 Å². The highest BCUT2D eigenvalue weighted by Crippen LogP contribution is 2.25. The van der Waals surface area contributed by atoms with Gasteiger partial charge < -0.3 is 9.64 Å². The van der Waals surface area contributed by atoms with Gasteiger partial charge in [0, 0.05) is 37.3 Å². The van der Waals surface area contributed by atoms with Crippen molar-refractivity contribution in [2.75, 3.05) is 0 Å². The van der Waals surface area contributed by atoms with Gasteiger partial charge in [-0.3, -0.25) is 4.79 Å². The van der Waals surface area contributed by atoms with Crippen molar-refractivity contribution in [2.24, 2.45) is 0 Å². The van der Waals surface area contributed by atoms with Crippen LogP contribution in [0.1, 0.15) is 25.3 Å². The Hall–Kier alpha value is -2.50. The summed E-state index contributed by atoms with van der Waals surface area (Å²) < 4.78 is 31.7. The molecule has 1 saturated heterocycles. The topological polar surface area (TPSA) is 42.4 Å². The molecule has 0 aliphatic carbocycles. The van der Waals surface area contributed by atoms with E-state index in [1.54, 1.807) is 18.3 Å². The number of pyridine rings is 1. The Morgan fingerprint density at radius 1 is 1.30 bits per heavy atom. The summed E-state index contributed by atoms with van der Waals surface area (Å²) in [5.74, 6) is -1.18. The summed E-state index contributed by atoms with van der Waals surface area (Å²) in [6.45, 7) is 2.52. The second-order valence-electron chi connectivity index (χ2n) is 5.59. The van der Waals surface area contributed by atoms with Crippen LogP contribution in [0.15, 0.2) is 36.5 Å². The van der Waals surface area contributed by atoms with E-state index in [0.717, 1.165) is 24.1 Å². The highest BCUT2D eigenvalue weighted by molar-refractivity contribution is 5.78. The van der Waals surface area contributed by atoms with Crippen LogP contribution in [0.5, 0.6) is 11.6 Å². The van der Waals surface area contributed by atoms with Crippen LogP contribution in [-0.4, -0.2) is 21.8 Å². The van der Waals surface area contributed by atoms with Gasteiger partial charge in [-0.2, -0.15) is 0 Å². The summed E-state index contributed by atoms with van der Waals surface area (Å²) in [5.41, 5.74) is 0.874. The molecular formula is C17H16F2N2O2. The normalized spacial score (nSPS) is 17.6. The zero-order valence-corrected chi connectivity index (χ0v) is 12.6. The van der Waals surface area contributed by atoms with Gasteiger partial charge in [0.2, 0.25) is 11.8 Å². The average molecular weight is 318 g/mol. The Morgan fingerprint density at radius 2 is 2.13 bits per heavy atom. The highest BCUT2D eigenvalue weighted by atomic mass is 19.1. The molecule has 23 heavy (non-hydrogen) atoms. The second kappa shape index (κ2) is 6.32. The van der Waals surface area contributed by atoms with E-state index in [1.807, 2.05) is 11.8 Å². The molecule has 4 nitrogen and oxygen atoms in total. The van der Waals surface area contributed by atoms with Crippen molar-refractivity contribution in [1.29, 1.82) is 0 Å². The number of carbonyl (C=O) groups is 1. The number of hydrogen-bond donors (Lipinski definition) is 0. The van der Waals surface area contributed by atoms with E-state index < -0.39 is 11.6 Å². The van der Waals surface area contributed by atoms with Crippen molar-refractivity contribution in [3.63, 3.8) is 0 Å². The van der Waals surface area contributed by atoms with Crippen molar-refractivity contribution >= 4 is 5.91 Å². The van der Waals surface area contributed by atoms with Crippen LogP contribution in [0.4, 0.5) is 8.78 Å². The zero-order chi connectivity index (χ0) is 16.4. The number of hydrogen-bond acceptors (Lipinski definition) is 3. The number of nitrogens with zero attached hydrogens (tertiary/aromatic N) is 2. The maximum atomic E-state index is 13.5. The lowest BCUT2D eigenvalue weighted by atomic mass is 10.2. The monoisotopic (exact) mass is 318 g/mol. The van der Waals surface area contributed by atoms with Crippen LogP contribution in [0, 0.1) is 11.6 Å². The molecule has 1 aliphatic heterocycles. The molecule has 2 aromatic rings. The Bertz CT molecular complexity index is 719. The molecule has 3 rings (SSSR count). The number of rotatable bonds is 4. The first-order valence-electron chi connectivity index (χ1n) is 7.40. The molecule has 0 bridgehead atoms. The largest absolute Gasteiger partial charge is 0.436 e. The first kappa shape index (κ1) is 15.4. The van der Waals surface area contributed by atoms with Crippen molar-refractivity contribution in [3.8, 4) is 11.6 Å². The molecule has 1 fully saturated rings. The molecular weight excluding hydrogens is 302 g/mol. The number of likely N-dealkylation sites (tertiary alicyclic amines) is 1. The summed E-state index contributed by atoms with van der Waals surface area (Å²) in [7, 11) is 0. The first-order chi connectivity index (χ1) is 11.0. The van der Waals surface area contributed by atoms with Gasteiger partial charge in [-0.1, -0.05) is 6.07 Å². The summed E-state index contributed by atoms with van der Waals surface area (Å²) in [6, 6.07) is 6.69. The fourth-order valence-electron chi connectivity index (χ4n) is 2.55. The molecule has 1 aromatic carbocycles. The number of benzene rings is 1. The van der Waals surface area contributed by atoms with Gasteiger partial charge in [0.1, 0.15) is 5.82 Å². The third kappa shape index (κ3) is 3.47. The summed E-state index contributed by atoms with van der Waals surface area (Å²) >= 11 is 0. The molecule has 0 N–H and O–H groups in total. The van der Waals surface area contributed by atoms with Crippen molar-refractivity contribution < 1.29 is 18.3 Å². The van der Waals surface area contributed by atoms with Gasteiger partial charge in [0.05, 0.1) is 0 Å². The zero-order valence-electron chi connectivity index (χ0n) is 12.6. The Balaban J connectivity index is 1.68. The van der Waals surface area contributed by atoms with Crippen LogP contribution in [0.25, 0.3) is 0 Å². The number of halogens is 2. The maximum Gasteiger partial charge on any atom is 0.223 e. The van der Waals surface area contributed by atoms with E-state index in [0.29, 0.717) is 13.0 Å². The molecule has 0 spiro atoms. The van der Waals surface area contributed by atoms with Gasteiger partial charge >= 0.3 is 0 Å². The molecule has 1 amide bonds. The van der Waals surface area contributed by atoms with Crippen LogP contribution in [-0.2, 0) is 11.3 Å². The molecule has 6 heteroatoms. The molecule has 120 valence electrons. The Labute approximate surface area is 132 Å². The SMILES string of the molecule is C[C@H]1CCC(=O)N1Cc1ccc(Oc2ccc(F)cc2F)nc1. The van der Waals surface area contributed by atoms with Crippen LogP contribution < -0.4 is 4.74 Å². The van der Waals surface area contributed by atoms with Gasteiger partial charge in [0.25, 0.3) is 0 Å². The van der Waals surface area contributed by atoms with E-state index in [1.165, 1.54) is 6.07 Å². The summed E-state index contributed by atoms with van der Waals surface area (Å²) in [5, 5.41) is 0. The predicted octanol–water partition coefficient (Wildman–Crippen LogP) is 3.66. The smallest absolute Gasteiger partial charge is 0.223 e. The second-order valence-corrected chi connectivity index (χ2v) is 5.59. The van der Waals surface area contributed by atoms with Crippen molar-refractivity contribution in [1.82, 2.24) is 9.88 Å². The van der Waals surface area contributed by atoms with E-state index in [2.05, 4.69) is 4.98 Å². The maximum absolute atomic E-state index is 13.5. The van der Waals surface area contributed by atoms with E-state index in [-0.39, 0.29) is 23.6 Å². The Kier molecular flexibility index (Phi) is 4.23. The van der Waals surface area contributed by atoms with Gasteiger partial charge in [-0.15, -0.1) is 0 Å². The van der Waals surface area contributed by atoms with Gasteiger partial charge in [-0.05, 0) is 31.0 Å². The summed E-state index contributed by atoms with van der Waals surface area (Å²) in [6.07, 6.45) is 3.05. The highest BCUT2D eigenvalue weighted by Gasteiger charge is 2.27. The fraction of sp³-hybridized carbons (Fsp3) is 0.294.